The van der Waals surface area contributed by atoms with Crippen LogP contribution < -0.4 is 5.32 Å². The molecule has 0 radical (unpaired) electrons. The van der Waals surface area contributed by atoms with E-state index in [9.17, 15) is 0 Å². The standard InChI is InChI=1S/C23H27N5S2/c1-19-9-11-21(12-10-19)24-22-25-28(23(29)30-22)18-27-16-14-26(15-17-27)13-5-8-20-6-3-2-4-7-20/h2-12H,13-18H2,1H3,(H,24,25). The maximum absolute atomic E-state index is 5.54. The predicted molar refractivity (Wildman–Crippen MR) is 129 cm³/mol. The molecular weight excluding hydrogens is 410 g/mol. The number of hydrogen-bond acceptors (Lipinski definition) is 6. The van der Waals surface area contributed by atoms with Gasteiger partial charge in [-0.1, -0.05) is 71.5 Å². The van der Waals surface area contributed by atoms with E-state index in [0.717, 1.165) is 54.2 Å². The number of hydrogen-bond donors (Lipinski definition) is 1. The summed E-state index contributed by atoms with van der Waals surface area (Å²) in [5, 5.41) is 8.88. The van der Waals surface area contributed by atoms with Crippen LogP contribution in [0.2, 0.25) is 0 Å². The van der Waals surface area contributed by atoms with Crippen LogP contribution in [0.25, 0.3) is 6.08 Å². The van der Waals surface area contributed by atoms with Gasteiger partial charge in [0.1, 0.15) is 0 Å². The van der Waals surface area contributed by atoms with Crippen LogP contribution in [0.5, 0.6) is 0 Å². The Kier molecular flexibility index (Phi) is 7.07. The van der Waals surface area contributed by atoms with Crippen molar-refractivity contribution in [1.29, 1.82) is 0 Å². The first-order valence-corrected chi connectivity index (χ1v) is 11.5. The van der Waals surface area contributed by atoms with Crippen molar-refractivity contribution in [1.82, 2.24) is 19.6 Å². The van der Waals surface area contributed by atoms with E-state index in [1.165, 1.54) is 22.5 Å². The Bertz CT molecular complexity index is 1020. The van der Waals surface area contributed by atoms with Crippen LogP contribution >= 0.6 is 23.6 Å². The number of benzene rings is 2. The molecule has 1 aliphatic heterocycles. The molecule has 0 amide bonds. The zero-order valence-electron chi connectivity index (χ0n) is 17.2. The summed E-state index contributed by atoms with van der Waals surface area (Å²) < 4.78 is 2.74. The van der Waals surface area contributed by atoms with Gasteiger partial charge in [-0.2, -0.15) is 0 Å². The lowest BCUT2D eigenvalue weighted by molar-refractivity contribution is 0.111. The van der Waals surface area contributed by atoms with Crippen LogP contribution in [0, 0.1) is 10.9 Å². The number of rotatable bonds is 7. The quantitative estimate of drug-likeness (QED) is 0.526. The van der Waals surface area contributed by atoms with E-state index in [1.807, 2.05) is 10.7 Å². The molecule has 0 atom stereocenters. The van der Waals surface area contributed by atoms with Crippen molar-refractivity contribution in [3.8, 4) is 0 Å². The van der Waals surface area contributed by atoms with Gasteiger partial charge in [0.2, 0.25) is 5.13 Å². The van der Waals surface area contributed by atoms with Gasteiger partial charge in [0.15, 0.2) is 3.95 Å². The zero-order valence-corrected chi connectivity index (χ0v) is 18.8. The number of nitrogens with zero attached hydrogens (tertiary/aromatic N) is 4. The summed E-state index contributed by atoms with van der Waals surface area (Å²) >= 11 is 7.06. The molecule has 0 aliphatic carbocycles. The third kappa shape index (κ3) is 5.86. The van der Waals surface area contributed by atoms with Gasteiger partial charge in [-0.25, -0.2) is 4.68 Å². The molecule has 3 aromatic rings. The first kappa shape index (κ1) is 20.9. The highest BCUT2D eigenvalue weighted by Gasteiger charge is 2.17. The Hall–Kier alpha value is -2.32. The second-order valence-electron chi connectivity index (χ2n) is 7.54. The average Bonchev–Trinajstić information content (AvgIpc) is 3.10. The highest BCUT2D eigenvalue weighted by Crippen LogP contribution is 2.21. The van der Waals surface area contributed by atoms with Gasteiger partial charge in [0.05, 0.1) is 6.67 Å². The van der Waals surface area contributed by atoms with Crippen LogP contribution in [-0.4, -0.2) is 52.3 Å². The summed E-state index contributed by atoms with van der Waals surface area (Å²) in [5.41, 5.74) is 3.53. The fourth-order valence-electron chi connectivity index (χ4n) is 3.41. The Morgan fingerprint density at radius 3 is 2.43 bits per heavy atom. The minimum Gasteiger partial charge on any atom is -0.330 e. The first-order valence-electron chi connectivity index (χ1n) is 10.2. The minimum atomic E-state index is 0.749. The topological polar surface area (TPSA) is 36.3 Å². The van der Waals surface area contributed by atoms with Gasteiger partial charge >= 0.3 is 0 Å². The van der Waals surface area contributed by atoms with Crippen molar-refractivity contribution in [2.45, 2.75) is 13.6 Å². The second-order valence-corrected chi connectivity index (χ2v) is 9.16. The van der Waals surface area contributed by atoms with E-state index in [4.69, 9.17) is 12.2 Å². The lowest BCUT2D eigenvalue weighted by Crippen LogP contribution is -2.46. The maximum atomic E-state index is 5.54. The monoisotopic (exact) mass is 437 g/mol. The van der Waals surface area contributed by atoms with E-state index < -0.39 is 0 Å². The molecule has 5 nitrogen and oxygen atoms in total. The molecule has 2 aromatic carbocycles. The molecule has 7 heteroatoms. The van der Waals surface area contributed by atoms with Crippen molar-refractivity contribution >= 4 is 40.4 Å². The molecular formula is C23H27N5S2. The molecule has 1 saturated heterocycles. The fourth-order valence-corrected chi connectivity index (χ4v) is 4.42. The van der Waals surface area contributed by atoms with Crippen molar-refractivity contribution in [3.63, 3.8) is 0 Å². The highest BCUT2D eigenvalue weighted by atomic mass is 32.1. The SMILES string of the molecule is Cc1ccc(Nc2nn(CN3CCN(CC=Cc4ccccc4)CC3)c(=S)s2)cc1. The molecule has 156 valence electrons. The molecule has 2 heterocycles. The molecule has 0 unspecified atom stereocenters. The molecule has 0 spiro atoms. The van der Waals surface area contributed by atoms with Crippen LogP contribution in [0.15, 0.2) is 60.7 Å². The van der Waals surface area contributed by atoms with Crippen LogP contribution in [0.3, 0.4) is 0 Å². The van der Waals surface area contributed by atoms with E-state index in [0.29, 0.717) is 0 Å². The Morgan fingerprint density at radius 1 is 1.00 bits per heavy atom. The largest absolute Gasteiger partial charge is 0.330 e. The summed E-state index contributed by atoms with van der Waals surface area (Å²) in [6, 6.07) is 18.8. The van der Waals surface area contributed by atoms with Gasteiger partial charge in [0, 0.05) is 38.4 Å². The summed E-state index contributed by atoms with van der Waals surface area (Å²) in [4.78, 5) is 4.91. The number of piperazine rings is 1. The molecule has 4 rings (SSSR count). The lowest BCUT2D eigenvalue weighted by Gasteiger charge is -2.33. The normalized spacial score (nSPS) is 15.6. The van der Waals surface area contributed by atoms with E-state index in [1.54, 1.807) is 0 Å². The number of aromatic nitrogens is 2. The summed E-state index contributed by atoms with van der Waals surface area (Å²) in [6.07, 6.45) is 4.45. The van der Waals surface area contributed by atoms with Crippen molar-refractivity contribution in [2.75, 3.05) is 38.0 Å². The van der Waals surface area contributed by atoms with E-state index in [2.05, 4.69) is 87.8 Å². The fraction of sp³-hybridized carbons (Fsp3) is 0.304. The molecule has 1 aromatic heterocycles. The zero-order chi connectivity index (χ0) is 20.8. The average molecular weight is 438 g/mol. The third-order valence-corrected chi connectivity index (χ3v) is 6.40. The molecule has 1 N–H and O–H groups in total. The molecule has 30 heavy (non-hydrogen) atoms. The van der Waals surface area contributed by atoms with Crippen molar-refractivity contribution in [3.05, 3.63) is 75.8 Å². The lowest BCUT2D eigenvalue weighted by atomic mass is 10.2. The summed E-state index contributed by atoms with van der Waals surface area (Å²) in [5.74, 6) is 0. The van der Waals surface area contributed by atoms with E-state index >= 15 is 0 Å². The number of anilines is 2. The molecule has 0 saturated carbocycles. The second kappa shape index (κ2) is 10.1. The van der Waals surface area contributed by atoms with Crippen LogP contribution in [-0.2, 0) is 6.67 Å². The van der Waals surface area contributed by atoms with Crippen LogP contribution in [0.4, 0.5) is 10.8 Å². The van der Waals surface area contributed by atoms with Gasteiger partial charge < -0.3 is 5.32 Å². The predicted octanol–water partition coefficient (Wildman–Crippen LogP) is 5.01. The van der Waals surface area contributed by atoms with Crippen LogP contribution in [0.1, 0.15) is 11.1 Å². The number of aryl methyl sites for hydroxylation is 1. The molecule has 0 bridgehead atoms. The van der Waals surface area contributed by atoms with Crippen molar-refractivity contribution < 1.29 is 0 Å². The van der Waals surface area contributed by atoms with Gasteiger partial charge in [-0.05, 0) is 36.8 Å². The third-order valence-electron chi connectivity index (χ3n) is 5.18. The number of nitrogens with one attached hydrogen (secondary N) is 1. The smallest absolute Gasteiger partial charge is 0.209 e. The summed E-state index contributed by atoms with van der Waals surface area (Å²) in [6.45, 7) is 8.00. The van der Waals surface area contributed by atoms with Crippen molar-refractivity contribution in [2.24, 2.45) is 0 Å². The Balaban J connectivity index is 1.26. The van der Waals surface area contributed by atoms with Gasteiger partial charge in [-0.15, -0.1) is 5.10 Å². The first-order chi connectivity index (χ1) is 14.7. The maximum Gasteiger partial charge on any atom is 0.209 e. The van der Waals surface area contributed by atoms with Gasteiger partial charge in [0.25, 0.3) is 0 Å². The van der Waals surface area contributed by atoms with Gasteiger partial charge in [-0.3, -0.25) is 9.80 Å². The summed E-state index contributed by atoms with van der Waals surface area (Å²) in [7, 11) is 0. The molecule has 1 fully saturated rings. The Morgan fingerprint density at radius 2 is 1.70 bits per heavy atom. The highest BCUT2D eigenvalue weighted by molar-refractivity contribution is 7.73. The molecule has 1 aliphatic rings. The van der Waals surface area contributed by atoms with E-state index in [-0.39, 0.29) is 0 Å². The Labute approximate surface area is 187 Å². The minimum absolute atomic E-state index is 0.749.